The fraction of sp³-hybridized carbons (Fsp3) is 0.375. The second kappa shape index (κ2) is 5.49. The Kier molecular flexibility index (Phi) is 3.54. The maximum absolute atomic E-state index is 12.3. The zero-order valence-electron chi connectivity index (χ0n) is 11.4. The van der Waals surface area contributed by atoms with Crippen LogP contribution in [-0.4, -0.2) is 10.9 Å². The summed E-state index contributed by atoms with van der Waals surface area (Å²) in [5, 5.41) is 3.95. The maximum Gasteiger partial charge on any atom is 0.227 e. The standard InChI is InChI=1S/C16H19N3O/c17-13-8-9-14(12-7-4-10-18-15(12)13)19-16(20)11-5-2-1-3-6-11/h4,7-11H,1-3,5-6,17H2,(H,19,20). The smallest absolute Gasteiger partial charge is 0.227 e. The first kappa shape index (κ1) is 12.9. The molecule has 1 aliphatic carbocycles. The summed E-state index contributed by atoms with van der Waals surface area (Å²) < 4.78 is 0. The minimum Gasteiger partial charge on any atom is -0.397 e. The van der Waals surface area contributed by atoms with E-state index in [1.54, 1.807) is 12.3 Å². The second-order valence-electron chi connectivity index (χ2n) is 5.43. The van der Waals surface area contributed by atoms with Gasteiger partial charge in [-0.25, -0.2) is 0 Å². The Hall–Kier alpha value is -2.10. The van der Waals surface area contributed by atoms with E-state index in [9.17, 15) is 4.79 Å². The van der Waals surface area contributed by atoms with Gasteiger partial charge in [-0.2, -0.15) is 0 Å². The van der Waals surface area contributed by atoms with Crippen molar-refractivity contribution >= 4 is 28.2 Å². The topological polar surface area (TPSA) is 68.0 Å². The summed E-state index contributed by atoms with van der Waals surface area (Å²) in [4.78, 5) is 16.6. The number of carbonyl (C=O) groups is 1. The zero-order valence-corrected chi connectivity index (χ0v) is 11.4. The number of amides is 1. The number of pyridine rings is 1. The molecule has 0 radical (unpaired) electrons. The Labute approximate surface area is 118 Å². The summed E-state index contributed by atoms with van der Waals surface area (Å²) in [6.45, 7) is 0. The van der Waals surface area contributed by atoms with Crippen molar-refractivity contribution in [2.45, 2.75) is 32.1 Å². The number of carbonyl (C=O) groups excluding carboxylic acids is 1. The van der Waals surface area contributed by atoms with E-state index < -0.39 is 0 Å². The molecule has 0 atom stereocenters. The summed E-state index contributed by atoms with van der Waals surface area (Å²) in [6.07, 6.45) is 7.27. The van der Waals surface area contributed by atoms with E-state index >= 15 is 0 Å². The summed E-state index contributed by atoms with van der Waals surface area (Å²) in [6, 6.07) is 7.46. The van der Waals surface area contributed by atoms with Gasteiger partial charge in [-0.15, -0.1) is 0 Å². The van der Waals surface area contributed by atoms with Crippen LogP contribution in [-0.2, 0) is 4.79 Å². The Morgan fingerprint density at radius 2 is 2.00 bits per heavy atom. The first-order valence-corrected chi connectivity index (χ1v) is 7.20. The fourth-order valence-corrected chi connectivity index (χ4v) is 2.90. The van der Waals surface area contributed by atoms with Crippen molar-refractivity contribution in [3.63, 3.8) is 0 Å². The normalized spacial score (nSPS) is 16.2. The van der Waals surface area contributed by atoms with Crippen molar-refractivity contribution in [2.75, 3.05) is 11.1 Å². The number of aromatic nitrogens is 1. The van der Waals surface area contributed by atoms with E-state index in [1.807, 2.05) is 18.2 Å². The number of hydrogen-bond donors (Lipinski definition) is 2. The molecule has 3 N–H and O–H groups in total. The molecular formula is C16H19N3O. The molecule has 1 aromatic carbocycles. The molecule has 20 heavy (non-hydrogen) atoms. The average Bonchev–Trinajstić information content (AvgIpc) is 2.51. The lowest BCUT2D eigenvalue weighted by atomic mass is 9.88. The number of nitrogens with zero attached hydrogens (tertiary/aromatic N) is 1. The predicted molar refractivity (Wildman–Crippen MR) is 81.4 cm³/mol. The van der Waals surface area contributed by atoms with Crippen LogP contribution in [0.15, 0.2) is 30.5 Å². The monoisotopic (exact) mass is 269 g/mol. The van der Waals surface area contributed by atoms with E-state index in [1.165, 1.54) is 6.42 Å². The Balaban J connectivity index is 1.87. The number of nitrogen functional groups attached to an aromatic ring is 1. The van der Waals surface area contributed by atoms with Crippen molar-refractivity contribution < 1.29 is 4.79 Å². The fourth-order valence-electron chi connectivity index (χ4n) is 2.90. The van der Waals surface area contributed by atoms with Crippen LogP contribution in [0.5, 0.6) is 0 Å². The molecule has 1 saturated carbocycles. The molecule has 1 heterocycles. The highest BCUT2D eigenvalue weighted by Gasteiger charge is 2.21. The molecule has 104 valence electrons. The molecule has 1 aromatic heterocycles. The summed E-state index contributed by atoms with van der Waals surface area (Å²) in [7, 11) is 0. The molecule has 3 rings (SSSR count). The van der Waals surface area contributed by atoms with Crippen LogP contribution in [0.1, 0.15) is 32.1 Å². The van der Waals surface area contributed by atoms with Crippen molar-refractivity contribution in [1.29, 1.82) is 0 Å². The minimum atomic E-state index is 0.125. The van der Waals surface area contributed by atoms with Crippen molar-refractivity contribution in [3.05, 3.63) is 30.5 Å². The quantitative estimate of drug-likeness (QED) is 0.822. The van der Waals surface area contributed by atoms with Gasteiger partial charge >= 0.3 is 0 Å². The lowest BCUT2D eigenvalue weighted by Crippen LogP contribution is -2.24. The first-order chi connectivity index (χ1) is 9.75. The van der Waals surface area contributed by atoms with Crippen LogP contribution in [0, 0.1) is 5.92 Å². The van der Waals surface area contributed by atoms with Crippen molar-refractivity contribution in [2.24, 2.45) is 5.92 Å². The lowest BCUT2D eigenvalue weighted by Gasteiger charge is -2.21. The zero-order chi connectivity index (χ0) is 13.9. The van der Waals surface area contributed by atoms with Gasteiger partial charge in [0.25, 0.3) is 0 Å². The highest BCUT2D eigenvalue weighted by molar-refractivity contribution is 6.04. The third-order valence-corrected chi connectivity index (χ3v) is 4.03. The molecule has 0 spiro atoms. The molecule has 0 unspecified atom stereocenters. The van der Waals surface area contributed by atoms with Crippen LogP contribution in [0.4, 0.5) is 11.4 Å². The molecule has 0 bridgehead atoms. The van der Waals surface area contributed by atoms with Gasteiger partial charge in [0.05, 0.1) is 16.9 Å². The predicted octanol–water partition coefficient (Wildman–Crippen LogP) is 3.34. The van der Waals surface area contributed by atoms with Crippen molar-refractivity contribution in [3.8, 4) is 0 Å². The lowest BCUT2D eigenvalue weighted by molar-refractivity contribution is -0.120. The van der Waals surface area contributed by atoms with Gasteiger partial charge in [0.15, 0.2) is 0 Å². The number of fused-ring (bicyclic) bond motifs is 1. The largest absolute Gasteiger partial charge is 0.397 e. The van der Waals surface area contributed by atoms with Gasteiger partial charge in [0.2, 0.25) is 5.91 Å². The second-order valence-corrected chi connectivity index (χ2v) is 5.43. The van der Waals surface area contributed by atoms with E-state index in [0.717, 1.165) is 42.3 Å². The molecule has 1 fully saturated rings. The van der Waals surface area contributed by atoms with Gasteiger partial charge in [-0.1, -0.05) is 19.3 Å². The van der Waals surface area contributed by atoms with Crippen LogP contribution < -0.4 is 11.1 Å². The van der Waals surface area contributed by atoms with Crippen LogP contribution in [0.2, 0.25) is 0 Å². The molecule has 0 saturated heterocycles. The highest BCUT2D eigenvalue weighted by Crippen LogP contribution is 2.29. The number of benzene rings is 1. The molecule has 4 nitrogen and oxygen atoms in total. The minimum absolute atomic E-state index is 0.125. The average molecular weight is 269 g/mol. The summed E-state index contributed by atoms with van der Waals surface area (Å²) >= 11 is 0. The number of hydrogen-bond acceptors (Lipinski definition) is 3. The number of nitrogens with one attached hydrogen (secondary N) is 1. The number of anilines is 2. The van der Waals surface area contributed by atoms with E-state index in [-0.39, 0.29) is 11.8 Å². The number of rotatable bonds is 2. The van der Waals surface area contributed by atoms with Crippen LogP contribution >= 0.6 is 0 Å². The molecule has 1 amide bonds. The van der Waals surface area contributed by atoms with E-state index in [0.29, 0.717) is 5.69 Å². The molecule has 4 heteroatoms. The third kappa shape index (κ3) is 2.46. The van der Waals surface area contributed by atoms with Crippen LogP contribution in [0.3, 0.4) is 0 Å². The van der Waals surface area contributed by atoms with E-state index in [4.69, 9.17) is 5.73 Å². The SMILES string of the molecule is Nc1ccc(NC(=O)C2CCCCC2)c2cccnc12. The van der Waals surface area contributed by atoms with Gasteiger partial charge < -0.3 is 11.1 Å². The number of nitrogens with two attached hydrogens (primary N) is 1. The highest BCUT2D eigenvalue weighted by atomic mass is 16.1. The van der Waals surface area contributed by atoms with Gasteiger partial charge in [0.1, 0.15) is 0 Å². The summed E-state index contributed by atoms with van der Waals surface area (Å²) in [5.74, 6) is 0.271. The first-order valence-electron chi connectivity index (χ1n) is 7.20. The Morgan fingerprint density at radius 1 is 1.20 bits per heavy atom. The maximum atomic E-state index is 12.3. The molecule has 1 aliphatic rings. The molecule has 2 aromatic rings. The van der Waals surface area contributed by atoms with Crippen LogP contribution in [0.25, 0.3) is 10.9 Å². The third-order valence-electron chi connectivity index (χ3n) is 4.03. The van der Waals surface area contributed by atoms with Crippen molar-refractivity contribution in [1.82, 2.24) is 4.98 Å². The Morgan fingerprint density at radius 3 is 2.80 bits per heavy atom. The van der Waals surface area contributed by atoms with Gasteiger partial charge in [-0.3, -0.25) is 9.78 Å². The molecule has 0 aliphatic heterocycles. The van der Waals surface area contributed by atoms with Gasteiger partial charge in [-0.05, 0) is 37.1 Å². The summed E-state index contributed by atoms with van der Waals surface area (Å²) in [5.41, 5.74) is 8.11. The Bertz CT molecular complexity index is 633. The van der Waals surface area contributed by atoms with Gasteiger partial charge in [0, 0.05) is 17.5 Å². The molecular weight excluding hydrogens is 250 g/mol. The van der Waals surface area contributed by atoms with E-state index in [2.05, 4.69) is 10.3 Å².